The van der Waals surface area contributed by atoms with Crippen LogP contribution in [-0.4, -0.2) is 107 Å². The molecule has 14 heteroatoms. The maximum absolute atomic E-state index is 14.7. The molecule has 14 nitrogen and oxygen atoms in total. The van der Waals surface area contributed by atoms with Gasteiger partial charge in [0, 0.05) is 68.3 Å². The number of hydrogen-bond donors (Lipinski definition) is 4. The van der Waals surface area contributed by atoms with Crippen LogP contribution < -0.4 is 16.1 Å². The molecule has 2 saturated heterocycles. The number of methoxy groups -OCH3 is 1. The Hall–Kier alpha value is -5.31. The van der Waals surface area contributed by atoms with Crippen molar-refractivity contribution in [3.8, 4) is 28.1 Å². The molecule has 63 heavy (non-hydrogen) atoms. The number of fused-ring (bicyclic) bond motifs is 6. The van der Waals surface area contributed by atoms with Crippen LogP contribution in [0.3, 0.4) is 0 Å². The van der Waals surface area contributed by atoms with Gasteiger partial charge < -0.3 is 34.7 Å². The Morgan fingerprint density at radius 1 is 1.10 bits per heavy atom. The molecule has 0 saturated carbocycles. The van der Waals surface area contributed by atoms with Gasteiger partial charge in [0.15, 0.2) is 0 Å². The Balaban J connectivity index is 1.35. The van der Waals surface area contributed by atoms with Gasteiger partial charge in [-0.2, -0.15) is 0 Å². The second kappa shape index (κ2) is 18.4. The number of nitrogens with zero attached hydrogens (tertiary/aromatic N) is 4. The lowest BCUT2D eigenvalue weighted by atomic mass is 9.84. The summed E-state index contributed by atoms with van der Waals surface area (Å²) < 4.78 is 14.2. The molecule has 4 N–H and O–H groups in total. The van der Waals surface area contributed by atoms with E-state index in [9.17, 15) is 24.3 Å². The first-order chi connectivity index (χ1) is 29.9. The van der Waals surface area contributed by atoms with Gasteiger partial charge in [0.25, 0.3) is 5.91 Å². The van der Waals surface area contributed by atoms with E-state index in [2.05, 4.69) is 59.6 Å². The van der Waals surface area contributed by atoms with Crippen molar-refractivity contribution in [1.82, 2.24) is 35.5 Å². The Kier molecular flexibility index (Phi) is 13.4. The van der Waals surface area contributed by atoms with Gasteiger partial charge in [-0.1, -0.05) is 39.8 Å². The number of esters is 1. The molecule has 3 aliphatic heterocycles. The molecule has 0 radical (unpaired) electrons. The maximum Gasteiger partial charge on any atom is 0.324 e. The molecule has 3 amide bonds. The summed E-state index contributed by atoms with van der Waals surface area (Å²) in [5, 5.41) is 20.0. The van der Waals surface area contributed by atoms with E-state index in [1.165, 1.54) is 9.91 Å². The second-order valence-corrected chi connectivity index (χ2v) is 19.1. The van der Waals surface area contributed by atoms with E-state index in [1.54, 1.807) is 32.5 Å². The van der Waals surface area contributed by atoms with Crippen molar-refractivity contribution in [1.29, 1.82) is 0 Å². The zero-order valence-electron chi connectivity index (χ0n) is 38.3. The quantitative estimate of drug-likeness (QED) is 0.148. The van der Waals surface area contributed by atoms with Crippen molar-refractivity contribution < 1.29 is 33.8 Å². The third-order valence-electron chi connectivity index (χ3n) is 13.2. The number of carbonyl (C=O) groups is 4. The molecule has 1 unspecified atom stereocenters. The zero-order valence-corrected chi connectivity index (χ0v) is 38.3. The molecule has 5 atom stereocenters. The molecule has 2 aromatic heterocycles. The largest absolute Gasteiger partial charge is 0.508 e. The molecule has 3 aliphatic rings. The number of rotatable bonds is 9. The number of aryl methyl sites for hydroxylation is 1. The van der Waals surface area contributed by atoms with Gasteiger partial charge in [-0.05, 0) is 118 Å². The van der Waals surface area contributed by atoms with Crippen molar-refractivity contribution in [3.63, 3.8) is 0 Å². The smallest absolute Gasteiger partial charge is 0.324 e. The standard InChI is InChI=1S/C49H65N7O7/c1-10-55-40-16-15-32-25-36(40)37(43(55)35-13-11-18-51-41(35)30(4)62-9)26-48(5,6)28-63-46(60)38-14-12-20-56(53-38)45(59)39(23-31-21-33(32)24-34(57)22-31)52-44(58)42(29(2)3)54(8)47(61)49(7)17-19-50-27-49/h11,13,15-16,18,21-22,24-25,29-30,38-39,42,50,53,57H,10,12,14,17,19-20,23,26-28H2,1-9H3,(H,52,58)/t30-,38-,39-,42?,49-/m0/s1. The van der Waals surface area contributed by atoms with Crippen LogP contribution in [0.4, 0.5) is 0 Å². The second-order valence-electron chi connectivity index (χ2n) is 19.1. The molecular formula is C49H65N7O7. The number of hydrazine groups is 1. The summed E-state index contributed by atoms with van der Waals surface area (Å²) in [7, 11) is 3.33. The molecule has 0 aliphatic carbocycles. The molecule has 2 fully saturated rings. The lowest BCUT2D eigenvalue weighted by Crippen LogP contribution is -2.62. The fourth-order valence-corrected chi connectivity index (χ4v) is 9.80. The predicted molar refractivity (Wildman–Crippen MR) is 242 cm³/mol. The number of phenolic OH excluding ortho intramolecular Hbond substituents is 1. The van der Waals surface area contributed by atoms with E-state index in [0.29, 0.717) is 57.4 Å². The van der Waals surface area contributed by atoms with Gasteiger partial charge in [0.2, 0.25) is 11.8 Å². The zero-order chi connectivity index (χ0) is 45.4. The highest BCUT2D eigenvalue weighted by Gasteiger charge is 2.43. The van der Waals surface area contributed by atoms with E-state index < -0.39 is 46.7 Å². The van der Waals surface area contributed by atoms with Crippen molar-refractivity contribution >= 4 is 34.6 Å². The number of phenols is 1. The lowest BCUT2D eigenvalue weighted by Gasteiger charge is -2.38. The Morgan fingerprint density at radius 2 is 1.87 bits per heavy atom. The monoisotopic (exact) mass is 863 g/mol. The minimum absolute atomic E-state index is 0.0129. The summed E-state index contributed by atoms with van der Waals surface area (Å²) in [6, 6.07) is 12.8. The van der Waals surface area contributed by atoms with Gasteiger partial charge in [-0.25, -0.2) is 5.43 Å². The molecule has 5 heterocycles. The summed E-state index contributed by atoms with van der Waals surface area (Å²) in [6.45, 7) is 16.3. The summed E-state index contributed by atoms with van der Waals surface area (Å²) >= 11 is 0. The van der Waals surface area contributed by atoms with E-state index in [-0.39, 0.29) is 36.7 Å². The molecule has 6 bridgehead atoms. The number of cyclic esters (lactones) is 1. The molecule has 4 aromatic rings. The molecule has 2 aromatic carbocycles. The van der Waals surface area contributed by atoms with Crippen LogP contribution in [0.25, 0.3) is 33.3 Å². The number of aromatic hydroxyl groups is 1. The summed E-state index contributed by atoms with van der Waals surface area (Å²) in [4.78, 5) is 63.2. The third kappa shape index (κ3) is 9.35. The van der Waals surface area contributed by atoms with E-state index in [1.807, 2.05) is 45.9 Å². The average molecular weight is 864 g/mol. The molecule has 338 valence electrons. The van der Waals surface area contributed by atoms with Crippen LogP contribution in [0, 0.1) is 16.7 Å². The van der Waals surface area contributed by atoms with Crippen LogP contribution in [0.5, 0.6) is 5.75 Å². The Morgan fingerprint density at radius 3 is 2.57 bits per heavy atom. The van der Waals surface area contributed by atoms with Crippen LogP contribution in [0.15, 0.2) is 54.7 Å². The molecule has 0 spiro atoms. The average Bonchev–Trinajstić information content (AvgIpc) is 3.84. The SMILES string of the molecule is CCn1c(-c2cccnc2[C@H](C)OC)c2c3cc(ccc31)-c1cc(O)cc(c1)C[C@H](NC(=O)C(C(C)C)N(C)C(=O)[C@@]1(C)CCNC1)C(=O)N1CCC[C@H](N1)C(=O)OCC(C)(C)C2. The van der Waals surface area contributed by atoms with Gasteiger partial charge in [-0.3, -0.25) is 29.2 Å². The van der Waals surface area contributed by atoms with Crippen LogP contribution in [-0.2, 0) is 48.0 Å². The molecular weight excluding hydrogens is 799 g/mol. The number of benzene rings is 2. The minimum Gasteiger partial charge on any atom is -0.508 e. The topological polar surface area (TPSA) is 167 Å². The summed E-state index contributed by atoms with van der Waals surface area (Å²) in [5.41, 5.74) is 9.07. The number of aromatic nitrogens is 2. The van der Waals surface area contributed by atoms with Crippen molar-refractivity contribution in [3.05, 3.63) is 71.5 Å². The van der Waals surface area contributed by atoms with Crippen molar-refractivity contribution in [2.75, 3.05) is 40.4 Å². The van der Waals surface area contributed by atoms with Gasteiger partial charge in [-0.15, -0.1) is 0 Å². The first-order valence-corrected chi connectivity index (χ1v) is 22.4. The third-order valence-corrected chi connectivity index (χ3v) is 13.2. The summed E-state index contributed by atoms with van der Waals surface area (Å²) in [6.07, 6.45) is 3.75. The van der Waals surface area contributed by atoms with E-state index in [0.717, 1.165) is 44.5 Å². The van der Waals surface area contributed by atoms with Crippen molar-refractivity contribution in [2.45, 2.75) is 111 Å². The van der Waals surface area contributed by atoms with Crippen LogP contribution >= 0.6 is 0 Å². The number of nitrogens with one attached hydrogen (secondary N) is 3. The maximum atomic E-state index is 14.7. The highest BCUT2D eigenvalue weighted by Crippen LogP contribution is 2.42. The molecule has 7 rings (SSSR count). The fourth-order valence-electron chi connectivity index (χ4n) is 9.80. The highest BCUT2D eigenvalue weighted by atomic mass is 16.5. The number of likely N-dealkylation sites (N-methyl/N-ethyl adjacent to an activating group) is 1. The van der Waals surface area contributed by atoms with Crippen molar-refractivity contribution in [2.24, 2.45) is 16.7 Å². The first kappa shape index (κ1) is 45.7. The number of amides is 3. The number of ether oxygens (including phenoxy) is 2. The minimum atomic E-state index is -1.11. The Labute approximate surface area is 371 Å². The van der Waals surface area contributed by atoms with Crippen LogP contribution in [0.1, 0.15) is 90.7 Å². The first-order valence-electron chi connectivity index (χ1n) is 22.4. The number of hydrogen-bond acceptors (Lipinski definition) is 10. The van der Waals surface area contributed by atoms with Crippen LogP contribution in [0.2, 0.25) is 0 Å². The highest BCUT2D eigenvalue weighted by molar-refractivity contribution is 5.96. The van der Waals surface area contributed by atoms with E-state index >= 15 is 0 Å². The number of pyridine rings is 1. The predicted octanol–water partition coefficient (Wildman–Crippen LogP) is 5.93. The fraction of sp³-hybridized carbons (Fsp3) is 0.531. The Bertz CT molecular complexity index is 2370. The summed E-state index contributed by atoms with van der Waals surface area (Å²) in [5.74, 6) is -1.75. The van der Waals surface area contributed by atoms with E-state index in [4.69, 9.17) is 14.5 Å². The van der Waals surface area contributed by atoms with Gasteiger partial charge >= 0.3 is 5.97 Å². The number of carbonyl (C=O) groups excluding carboxylic acids is 4. The van der Waals surface area contributed by atoms with Gasteiger partial charge in [0.05, 0.1) is 29.5 Å². The lowest BCUT2D eigenvalue weighted by molar-refractivity contribution is -0.155. The normalized spacial score (nSPS) is 22.7. The van der Waals surface area contributed by atoms with Gasteiger partial charge in [0.1, 0.15) is 23.9 Å².